The van der Waals surface area contributed by atoms with Crippen molar-refractivity contribution in [3.8, 4) is 0 Å². The molecule has 13 heavy (non-hydrogen) atoms. The van der Waals surface area contributed by atoms with Crippen LogP contribution in [0.4, 0.5) is 0 Å². The minimum Gasteiger partial charge on any atom is -0.296 e. The smallest absolute Gasteiger partial charge is 0.0204 e. The molecule has 0 radical (unpaired) electrons. The molecule has 1 saturated heterocycles. The molecule has 0 saturated carbocycles. The Labute approximate surface area is 87.6 Å². The first-order valence-electron chi connectivity index (χ1n) is 4.93. The topological polar surface area (TPSA) is 15.3 Å². The zero-order chi connectivity index (χ0) is 10.3. The van der Waals surface area contributed by atoms with Gasteiger partial charge >= 0.3 is 0 Å². The molecule has 1 aliphatic rings. The number of likely N-dealkylation sites (tertiary alicyclic amines) is 1. The number of thiol groups is 1. The summed E-state index contributed by atoms with van der Waals surface area (Å²) in [4.78, 5) is 2.47. The molecule has 0 aliphatic carbocycles. The summed E-state index contributed by atoms with van der Waals surface area (Å²) in [6, 6.07) is 0.532. The van der Waals surface area contributed by atoms with Gasteiger partial charge in [0.2, 0.25) is 0 Å². The molecule has 0 spiro atoms. The third-order valence-electron chi connectivity index (χ3n) is 3.49. The molecule has 0 aromatic carbocycles. The zero-order valence-electron chi connectivity index (χ0n) is 9.39. The molecule has 0 aromatic rings. The van der Waals surface area contributed by atoms with Gasteiger partial charge in [0.05, 0.1) is 0 Å². The Balaban J connectivity index is 2.82. The number of hydrogen-bond acceptors (Lipinski definition) is 3. The van der Waals surface area contributed by atoms with Crippen LogP contribution < -0.4 is 4.72 Å². The van der Waals surface area contributed by atoms with Crippen molar-refractivity contribution >= 4 is 12.8 Å². The van der Waals surface area contributed by atoms with Gasteiger partial charge in [-0.2, -0.15) is 0 Å². The fourth-order valence-electron chi connectivity index (χ4n) is 2.46. The summed E-state index contributed by atoms with van der Waals surface area (Å²) in [7, 11) is 2.22. The Morgan fingerprint density at radius 3 is 1.85 bits per heavy atom. The van der Waals surface area contributed by atoms with Gasteiger partial charge in [0.15, 0.2) is 0 Å². The normalized spacial score (nSPS) is 29.1. The van der Waals surface area contributed by atoms with Crippen LogP contribution in [0.2, 0.25) is 0 Å². The summed E-state index contributed by atoms with van der Waals surface area (Å²) in [5, 5.41) is 0. The Morgan fingerprint density at radius 2 is 1.54 bits per heavy atom. The van der Waals surface area contributed by atoms with Gasteiger partial charge in [0, 0.05) is 17.1 Å². The second-order valence-corrected chi connectivity index (χ2v) is 5.68. The highest BCUT2D eigenvalue weighted by Gasteiger charge is 2.42. The van der Waals surface area contributed by atoms with Crippen LogP contribution >= 0.6 is 12.8 Å². The number of rotatable bonds is 1. The molecular formula is C10H22N2S. The van der Waals surface area contributed by atoms with E-state index >= 15 is 0 Å². The first kappa shape index (κ1) is 11.3. The minimum absolute atomic E-state index is 0.266. The van der Waals surface area contributed by atoms with E-state index in [-0.39, 0.29) is 11.1 Å². The second kappa shape index (κ2) is 3.44. The van der Waals surface area contributed by atoms with E-state index in [4.69, 9.17) is 0 Å². The maximum Gasteiger partial charge on any atom is 0.0204 e. The Bertz CT molecular complexity index is 171. The van der Waals surface area contributed by atoms with Gasteiger partial charge in [-0.15, -0.1) is 0 Å². The quantitative estimate of drug-likeness (QED) is 0.633. The highest BCUT2D eigenvalue weighted by molar-refractivity contribution is 7.78. The van der Waals surface area contributed by atoms with Crippen LogP contribution in [0.15, 0.2) is 0 Å². The maximum absolute atomic E-state index is 4.18. The van der Waals surface area contributed by atoms with E-state index in [1.807, 2.05) is 0 Å². The van der Waals surface area contributed by atoms with E-state index in [0.717, 1.165) is 12.8 Å². The van der Waals surface area contributed by atoms with Crippen molar-refractivity contribution in [2.24, 2.45) is 0 Å². The van der Waals surface area contributed by atoms with Crippen LogP contribution in [0.25, 0.3) is 0 Å². The van der Waals surface area contributed by atoms with Crippen LogP contribution in [0, 0.1) is 0 Å². The van der Waals surface area contributed by atoms with Crippen molar-refractivity contribution in [2.45, 2.75) is 57.7 Å². The van der Waals surface area contributed by atoms with E-state index in [1.165, 1.54) is 0 Å². The minimum atomic E-state index is 0.266. The molecule has 1 heterocycles. The second-order valence-electron chi connectivity index (χ2n) is 5.42. The zero-order valence-corrected chi connectivity index (χ0v) is 10.3. The summed E-state index contributed by atoms with van der Waals surface area (Å²) in [6.07, 6.45) is 2.33. The maximum atomic E-state index is 4.18. The molecule has 0 aromatic heterocycles. The van der Waals surface area contributed by atoms with Crippen LogP contribution in [0.3, 0.4) is 0 Å². The fraction of sp³-hybridized carbons (Fsp3) is 1.00. The van der Waals surface area contributed by atoms with E-state index in [9.17, 15) is 0 Å². The Hall–Kier alpha value is 0.270. The van der Waals surface area contributed by atoms with Crippen LogP contribution in [-0.4, -0.2) is 29.1 Å². The first-order chi connectivity index (χ1) is 5.79. The largest absolute Gasteiger partial charge is 0.296 e. The summed E-state index contributed by atoms with van der Waals surface area (Å²) >= 11 is 4.18. The number of hydrogen-bond donors (Lipinski definition) is 2. The highest BCUT2D eigenvalue weighted by atomic mass is 32.1. The molecule has 1 N–H and O–H groups in total. The van der Waals surface area contributed by atoms with Gasteiger partial charge < -0.3 is 0 Å². The van der Waals surface area contributed by atoms with E-state index in [1.54, 1.807) is 0 Å². The highest BCUT2D eigenvalue weighted by Crippen LogP contribution is 2.36. The third kappa shape index (κ3) is 2.20. The molecule has 3 heteroatoms. The average molecular weight is 202 g/mol. The molecule has 78 valence electrons. The fourth-order valence-corrected chi connectivity index (χ4v) is 2.65. The van der Waals surface area contributed by atoms with Gasteiger partial charge in [0.1, 0.15) is 0 Å². The van der Waals surface area contributed by atoms with Crippen molar-refractivity contribution in [3.05, 3.63) is 0 Å². The number of nitrogens with one attached hydrogen (secondary N) is 1. The van der Waals surface area contributed by atoms with Crippen LogP contribution in [0.1, 0.15) is 40.5 Å². The monoisotopic (exact) mass is 202 g/mol. The molecular weight excluding hydrogens is 180 g/mol. The molecule has 0 atom stereocenters. The number of piperidine rings is 1. The average Bonchev–Trinajstić information content (AvgIpc) is 1.99. The van der Waals surface area contributed by atoms with E-state index in [0.29, 0.717) is 6.04 Å². The van der Waals surface area contributed by atoms with Crippen molar-refractivity contribution in [1.29, 1.82) is 0 Å². The van der Waals surface area contributed by atoms with Crippen molar-refractivity contribution in [1.82, 2.24) is 9.62 Å². The predicted molar refractivity (Wildman–Crippen MR) is 61.1 cm³/mol. The standard InChI is InChI=1S/C10H22N2S/c1-9(2)6-8(11-13)7-10(3,4)12(9)5/h8,11,13H,6-7H2,1-5H3. The van der Waals surface area contributed by atoms with Gasteiger partial charge in [-0.3, -0.25) is 9.62 Å². The molecule has 1 aliphatic heterocycles. The lowest BCUT2D eigenvalue weighted by atomic mass is 9.78. The summed E-state index contributed by atoms with van der Waals surface area (Å²) in [5.41, 5.74) is 0.532. The van der Waals surface area contributed by atoms with Crippen molar-refractivity contribution in [2.75, 3.05) is 7.05 Å². The van der Waals surface area contributed by atoms with E-state index < -0.39 is 0 Å². The number of nitrogens with zero attached hydrogens (tertiary/aromatic N) is 1. The van der Waals surface area contributed by atoms with Crippen molar-refractivity contribution in [3.63, 3.8) is 0 Å². The van der Waals surface area contributed by atoms with Gasteiger partial charge in [0.25, 0.3) is 0 Å². The first-order valence-corrected chi connectivity index (χ1v) is 5.38. The molecule has 0 amide bonds. The third-order valence-corrected chi connectivity index (χ3v) is 3.86. The molecule has 2 nitrogen and oxygen atoms in total. The Kier molecular flexibility index (Phi) is 3.01. The summed E-state index contributed by atoms with van der Waals surface area (Å²) < 4.78 is 3.10. The summed E-state index contributed by atoms with van der Waals surface area (Å²) in [6.45, 7) is 9.19. The molecule has 0 unspecified atom stereocenters. The van der Waals surface area contributed by atoms with E-state index in [2.05, 4.69) is 57.2 Å². The lowest BCUT2D eigenvalue weighted by molar-refractivity contribution is -0.0134. The predicted octanol–water partition coefficient (Wildman–Crippen LogP) is 2.07. The van der Waals surface area contributed by atoms with Gasteiger partial charge in [-0.1, -0.05) is 12.8 Å². The van der Waals surface area contributed by atoms with Gasteiger partial charge in [-0.25, -0.2) is 0 Å². The molecule has 0 bridgehead atoms. The SMILES string of the molecule is CN1C(C)(C)CC(NS)CC1(C)C. The van der Waals surface area contributed by atoms with Crippen LogP contribution in [0.5, 0.6) is 0 Å². The summed E-state index contributed by atoms with van der Waals surface area (Å²) in [5.74, 6) is 0. The lowest BCUT2D eigenvalue weighted by Gasteiger charge is -2.53. The van der Waals surface area contributed by atoms with Gasteiger partial charge in [-0.05, 0) is 47.6 Å². The van der Waals surface area contributed by atoms with Crippen molar-refractivity contribution < 1.29 is 0 Å². The molecule has 1 fully saturated rings. The molecule has 1 rings (SSSR count). The Morgan fingerprint density at radius 1 is 1.15 bits per heavy atom. The lowest BCUT2D eigenvalue weighted by Crippen LogP contribution is -2.61. The van der Waals surface area contributed by atoms with Crippen LogP contribution in [-0.2, 0) is 0 Å².